The van der Waals surface area contributed by atoms with E-state index in [2.05, 4.69) is 9.88 Å². The number of pyridine rings is 1. The van der Waals surface area contributed by atoms with Crippen molar-refractivity contribution in [2.75, 3.05) is 32.7 Å². The minimum Gasteiger partial charge on any atom is -0.339 e. The summed E-state index contributed by atoms with van der Waals surface area (Å²) in [6.07, 6.45) is 4.82. The second-order valence-corrected chi connectivity index (χ2v) is 7.72. The lowest BCUT2D eigenvalue weighted by molar-refractivity contribution is 0.0690. The van der Waals surface area contributed by atoms with Crippen molar-refractivity contribution >= 4 is 5.91 Å². The maximum absolute atomic E-state index is 13.4. The van der Waals surface area contributed by atoms with Crippen LogP contribution in [0.5, 0.6) is 0 Å². The number of nitrogens with zero attached hydrogens (tertiary/aromatic N) is 3. The Bertz CT molecular complexity index is 778. The molecular weight excluding hydrogens is 353 g/mol. The molecule has 2 aromatic rings. The highest BCUT2D eigenvalue weighted by atomic mass is 19.1. The Morgan fingerprint density at radius 2 is 2.18 bits per heavy atom. The first-order valence-corrected chi connectivity index (χ1v) is 10.2. The van der Waals surface area contributed by atoms with Crippen molar-refractivity contribution in [3.63, 3.8) is 0 Å². The van der Waals surface area contributed by atoms with E-state index < -0.39 is 0 Å². The Morgan fingerprint density at radius 1 is 1.32 bits per heavy atom. The zero-order valence-corrected chi connectivity index (χ0v) is 16.9. The van der Waals surface area contributed by atoms with Gasteiger partial charge in [0.15, 0.2) is 0 Å². The van der Waals surface area contributed by atoms with Crippen LogP contribution in [0.1, 0.15) is 41.4 Å². The molecule has 0 radical (unpaired) electrons. The van der Waals surface area contributed by atoms with Crippen molar-refractivity contribution in [1.82, 2.24) is 14.8 Å². The summed E-state index contributed by atoms with van der Waals surface area (Å²) in [7, 11) is 0. The van der Waals surface area contributed by atoms with E-state index in [0.29, 0.717) is 18.0 Å². The number of piperidine rings is 1. The molecule has 1 aromatic carbocycles. The summed E-state index contributed by atoms with van der Waals surface area (Å²) in [5.41, 5.74) is 2.62. The topological polar surface area (TPSA) is 36.4 Å². The molecule has 1 amide bonds. The molecule has 5 heteroatoms. The lowest BCUT2D eigenvalue weighted by atomic mass is 9.96. The molecule has 1 atom stereocenters. The molecule has 28 heavy (non-hydrogen) atoms. The maximum Gasteiger partial charge on any atom is 0.255 e. The van der Waals surface area contributed by atoms with Crippen molar-refractivity contribution in [3.8, 4) is 0 Å². The third-order valence-corrected chi connectivity index (χ3v) is 5.51. The van der Waals surface area contributed by atoms with Crippen LogP contribution in [0.4, 0.5) is 4.39 Å². The Labute approximate surface area is 167 Å². The normalized spacial score (nSPS) is 17.5. The minimum atomic E-state index is -0.170. The van der Waals surface area contributed by atoms with Gasteiger partial charge in [0, 0.05) is 38.1 Å². The first-order valence-electron chi connectivity index (χ1n) is 10.2. The standard InChI is InChI=1S/C23H30FN3O/c1-3-27(23(28)21-10-9-18(2)25-15-21)17-20-7-5-12-26(16-20)13-11-19-6-4-8-22(24)14-19/h4,6,8-10,14-15,20H,3,5,7,11-13,16-17H2,1-2H3/t20-/m0/s1. The largest absolute Gasteiger partial charge is 0.339 e. The second-order valence-electron chi connectivity index (χ2n) is 7.72. The number of benzene rings is 1. The number of amides is 1. The molecule has 1 saturated heterocycles. The van der Waals surface area contributed by atoms with Crippen LogP contribution >= 0.6 is 0 Å². The molecule has 0 N–H and O–H groups in total. The van der Waals surface area contributed by atoms with Gasteiger partial charge in [0.1, 0.15) is 5.82 Å². The fraction of sp³-hybridized carbons (Fsp3) is 0.478. The third kappa shape index (κ3) is 5.61. The third-order valence-electron chi connectivity index (χ3n) is 5.51. The molecule has 2 heterocycles. The van der Waals surface area contributed by atoms with Crippen molar-refractivity contribution in [2.45, 2.75) is 33.1 Å². The van der Waals surface area contributed by atoms with Crippen LogP contribution < -0.4 is 0 Å². The van der Waals surface area contributed by atoms with Gasteiger partial charge in [0.25, 0.3) is 5.91 Å². The van der Waals surface area contributed by atoms with E-state index in [1.54, 1.807) is 18.3 Å². The van der Waals surface area contributed by atoms with Gasteiger partial charge in [-0.2, -0.15) is 0 Å². The van der Waals surface area contributed by atoms with Gasteiger partial charge in [-0.05, 0) is 75.4 Å². The Morgan fingerprint density at radius 3 is 2.89 bits per heavy atom. The van der Waals surface area contributed by atoms with Crippen molar-refractivity contribution in [3.05, 3.63) is 65.2 Å². The zero-order valence-electron chi connectivity index (χ0n) is 16.9. The number of aromatic nitrogens is 1. The van der Waals surface area contributed by atoms with Crippen LogP contribution in [0.25, 0.3) is 0 Å². The van der Waals surface area contributed by atoms with Gasteiger partial charge in [0.2, 0.25) is 0 Å². The van der Waals surface area contributed by atoms with E-state index in [0.717, 1.165) is 56.7 Å². The molecule has 3 rings (SSSR count). The predicted molar refractivity (Wildman–Crippen MR) is 110 cm³/mol. The molecular formula is C23H30FN3O. The lowest BCUT2D eigenvalue weighted by Gasteiger charge is -2.35. The predicted octanol–water partition coefficient (Wildman–Crippen LogP) is 3.95. The van der Waals surface area contributed by atoms with Gasteiger partial charge < -0.3 is 9.80 Å². The summed E-state index contributed by atoms with van der Waals surface area (Å²) in [5, 5.41) is 0. The van der Waals surface area contributed by atoms with Gasteiger partial charge in [-0.15, -0.1) is 0 Å². The van der Waals surface area contributed by atoms with E-state index >= 15 is 0 Å². The number of likely N-dealkylation sites (tertiary alicyclic amines) is 1. The number of halogens is 1. The summed E-state index contributed by atoms with van der Waals surface area (Å²) < 4.78 is 13.4. The van der Waals surface area contributed by atoms with Crippen LogP contribution in [0, 0.1) is 18.7 Å². The SMILES string of the molecule is CCN(C[C@H]1CCCN(CCc2cccc(F)c2)C1)C(=O)c1ccc(C)nc1. The minimum absolute atomic E-state index is 0.0619. The van der Waals surface area contributed by atoms with Crippen LogP contribution in [0.3, 0.4) is 0 Å². The summed E-state index contributed by atoms with van der Waals surface area (Å²) in [6.45, 7) is 8.43. The fourth-order valence-corrected chi connectivity index (χ4v) is 3.93. The van der Waals surface area contributed by atoms with E-state index in [-0.39, 0.29) is 11.7 Å². The van der Waals surface area contributed by atoms with Gasteiger partial charge in [-0.3, -0.25) is 9.78 Å². The van der Waals surface area contributed by atoms with Crippen molar-refractivity contribution in [2.24, 2.45) is 5.92 Å². The molecule has 150 valence electrons. The molecule has 0 bridgehead atoms. The van der Waals surface area contributed by atoms with Gasteiger partial charge in [-0.1, -0.05) is 12.1 Å². The number of hydrogen-bond donors (Lipinski definition) is 0. The molecule has 1 aromatic heterocycles. The maximum atomic E-state index is 13.4. The molecule has 1 aliphatic heterocycles. The van der Waals surface area contributed by atoms with Crippen molar-refractivity contribution in [1.29, 1.82) is 0 Å². The molecule has 0 unspecified atom stereocenters. The van der Waals surface area contributed by atoms with Crippen molar-refractivity contribution < 1.29 is 9.18 Å². The summed E-state index contributed by atoms with van der Waals surface area (Å²) in [6, 6.07) is 10.6. The Kier molecular flexibility index (Phi) is 7.15. The quantitative estimate of drug-likeness (QED) is 0.726. The Balaban J connectivity index is 1.54. The van der Waals surface area contributed by atoms with Crippen LogP contribution in [-0.4, -0.2) is 53.4 Å². The van der Waals surface area contributed by atoms with Crippen LogP contribution in [0.15, 0.2) is 42.6 Å². The highest BCUT2D eigenvalue weighted by molar-refractivity contribution is 5.93. The first-order chi connectivity index (χ1) is 13.5. The number of rotatable bonds is 7. The number of hydrogen-bond acceptors (Lipinski definition) is 3. The molecule has 0 aliphatic carbocycles. The van der Waals surface area contributed by atoms with Gasteiger partial charge in [0.05, 0.1) is 5.56 Å². The average molecular weight is 384 g/mol. The number of aryl methyl sites for hydroxylation is 1. The number of carbonyl (C=O) groups excluding carboxylic acids is 1. The fourth-order valence-electron chi connectivity index (χ4n) is 3.93. The summed E-state index contributed by atoms with van der Waals surface area (Å²) >= 11 is 0. The number of carbonyl (C=O) groups is 1. The molecule has 4 nitrogen and oxygen atoms in total. The van der Waals surface area contributed by atoms with Gasteiger partial charge in [-0.25, -0.2) is 4.39 Å². The van der Waals surface area contributed by atoms with Gasteiger partial charge >= 0.3 is 0 Å². The molecule has 0 saturated carbocycles. The van der Waals surface area contributed by atoms with E-state index in [4.69, 9.17) is 0 Å². The lowest BCUT2D eigenvalue weighted by Crippen LogP contribution is -2.43. The summed E-state index contributed by atoms with van der Waals surface area (Å²) in [4.78, 5) is 21.5. The second kappa shape index (κ2) is 9.78. The first kappa shape index (κ1) is 20.5. The summed E-state index contributed by atoms with van der Waals surface area (Å²) in [5.74, 6) is 0.368. The monoisotopic (exact) mass is 383 g/mol. The van der Waals surface area contributed by atoms with Crippen LogP contribution in [-0.2, 0) is 6.42 Å². The molecule has 1 fully saturated rings. The zero-order chi connectivity index (χ0) is 19.9. The van der Waals surface area contributed by atoms with E-state index in [1.807, 2.05) is 36.9 Å². The highest BCUT2D eigenvalue weighted by Gasteiger charge is 2.24. The van der Waals surface area contributed by atoms with E-state index in [1.165, 1.54) is 6.07 Å². The molecule has 0 spiro atoms. The average Bonchev–Trinajstić information content (AvgIpc) is 2.71. The smallest absolute Gasteiger partial charge is 0.255 e. The van der Waals surface area contributed by atoms with Crippen LogP contribution in [0.2, 0.25) is 0 Å². The Hall–Kier alpha value is -2.27. The molecule has 1 aliphatic rings. The van der Waals surface area contributed by atoms with E-state index in [9.17, 15) is 9.18 Å². The highest BCUT2D eigenvalue weighted by Crippen LogP contribution is 2.19.